The monoisotopic (exact) mass is 859 g/mol. The molecular weight excluding hydrogens is 779 g/mol. The Morgan fingerprint density at radius 1 is 0.525 bits per heavy atom. The number of hydrogen-bond donors (Lipinski definition) is 6. The first-order chi connectivity index (χ1) is 28.4. The first kappa shape index (κ1) is 54.8. The number of aliphatic hydroxyl groups excluding tert-OH is 5. The molecule has 0 heterocycles. The molecule has 0 bridgehead atoms. The molecule has 1 aliphatic carbocycles. The van der Waals surface area contributed by atoms with Crippen molar-refractivity contribution < 1.29 is 63.1 Å². The molecule has 1 saturated carbocycles. The summed E-state index contributed by atoms with van der Waals surface area (Å²) < 4.78 is 33.4. The Hall–Kier alpha value is -2.19. The van der Waals surface area contributed by atoms with E-state index in [-0.39, 0.29) is 12.8 Å². The quantitative estimate of drug-likeness (QED) is 0.0152. The fraction of sp³-hybridized carbons (Fsp3) is 0.778. The van der Waals surface area contributed by atoms with Crippen molar-refractivity contribution in [3.8, 4) is 0 Å². The van der Waals surface area contributed by atoms with Crippen LogP contribution in [0.4, 0.5) is 0 Å². The number of phosphoric acid groups is 1. The Morgan fingerprint density at radius 2 is 0.949 bits per heavy atom. The number of aliphatic hydroxyl groups is 5. The second-order valence-corrected chi connectivity index (χ2v) is 17.0. The van der Waals surface area contributed by atoms with Gasteiger partial charge >= 0.3 is 19.8 Å². The summed E-state index contributed by atoms with van der Waals surface area (Å²) in [4.78, 5) is 35.6. The summed E-state index contributed by atoms with van der Waals surface area (Å²) in [6.07, 6.45) is 27.5. The SMILES string of the molecule is CCCCCC/C=C\C/C=C\C/C=C\C/C=C\CCC(=O)OC(COC(=O)CCCCCCCCCCCCCCC)COP(=O)(O)OC1[C@H](O)[C@H](O)C(O)[C@H](O)[C@H]1O. The van der Waals surface area contributed by atoms with E-state index in [9.17, 15) is 44.6 Å². The summed E-state index contributed by atoms with van der Waals surface area (Å²) >= 11 is 0. The van der Waals surface area contributed by atoms with Crippen molar-refractivity contribution >= 4 is 19.8 Å². The summed E-state index contributed by atoms with van der Waals surface area (Å²) in [5.41, 5.74) is 0. The van der Waals surface area contributed by atoms with E-state index < -0.39 is 75.7 Å². The maximum atomic E-state index is 12.8. The normalized spacial score (nSPS) is 22.8. The number of allylic oxidation sites excluding steroid dienone is 8. The third-order valence-corrected chi connectivity index (χ3v) is 11.2. The molecule has 342 valence electrons. The molecule has 0 aromatic carbocycles. The van der Waals surface area contributed by atoms with Crippen molar-refractivity contribution in [3.05, 3.63) is 48.6 Å². The van der Waals surface area contributed by atoms with Crippen LogP contribution in [0, 0.1) is 0 Å². The summed E-state index contributed by atoms with van der Waals surface area (Å²) in [5, 5.41) is 50.1. The van der Waals surface area contributed by atoms with E-state index in [1.165, 1.54) is 83.5 Å². The largest absolute Gasteiger partial charge is 0.472 e. The van der Waals surface area contributed by atoms with Gasteiger partial charge in [-0.1, -0.05) is 159 Å². The lowest BCUT2D eigenvalue weighted by Crippen LogP contribution is -2.64. The lowest BCUT2D eigenvalue weighted by molar-refractivity contribution is -0.220. The van der Waals surface area contributed by atoms with Gasteiger partial charge < -0.3 is 39.9 Å². The smallest absolute Gasteiger partial charge is 0.462 e. The molecule has 0 radical (unpaired) electrons. The Bertz CT molecular complexity index is 1220. The number of phosphoric ester groups is 1. The maximum Gasteiger partial charge on any atom is 0.472 e. The molecule has 0 aliphatic heterocycles. The zero-order valence-corrected chi connectivity index (χ0v) is 36.9. The molecule has 0 aromatic heterocycles. The molecule has 4 unspecified atom stereocenters. The van der Waals surface area contributed by atoms with Crippen molar-refractivity contribution in [2.24, 2.45) is 0 Å². The van der Waals surface area contributed by atoms with Crippen LogP contribution in [0.1, 0.15) is 168 Å². The number of carbonyl (C=O) groups excluding carboxylic acids is 2. The molecule has 0 spiro atoms. The Morgan fingerprint density at radius 3 is 1.46 bits per heavy atom. The van der Waals surface area contributed by atoms with E-state index in [2.05, 4.69) is 44.2 Å². The number of esters is 2. The third-order valence-electron chi connectivity index (χ3n) is 10.2. The highest BCUT2D eigenvalue weighted by Gasteiger charge is 2.51. The molecule has 1 aliphatic rings. The number of rotatable bonds is 36. The molecular formula is C45H79O13P. The van der Waals surface area contributed by atoms with Crippen LogP contribution < -0.4 is 0 Å². The zero-order chi connectivity index (χ0) is 43.6. The topological polar surface area (TPSA) is 210 Å². The number of hydrogen-bond acceptors (Lipinski definition) is 12. The van der Waals surface area contributed by atoms with Crippen LogP contribution >= 0.6 is 7.82 Å². The maximum absolute atomic E-state index is 12.8. The number of ether oxygens (including phenoxy) is 2. The fourth-order valence-corrected chi connectivity index (χ4v) is 7.50. The first-order valence-electron chi connectivity index (χ1n) is 22.4. The van der Waals surface area contributed by atoms with Crippen molar-refractivity contribution in [2.75, 3.05) is 13.2 Å². The van der Waals surface area contributed by atoms with E-state index in [1.54, 1.807) is 0 Å². The average molecular weight is 859 g/mol. The van der Waals surface area contributed by atoms with Gasteiger partial charge in [-0.2, -0.15) is 0 Å². The molecule has 59 heavy (non-hydrogen) atoms. The van der Waals surface area contributed by atoms with Crippen LogP contribution in [0.2, 0.25) is 0 Å². The van der Waals surface area contributed by atoms with Crippen LogP contribution in [-0.4, -0.2) is 98.3 Å². The highest BCUT2D eigenvalue weighted by atomic mass is 31.2. The third kappa shape index (κ3) is 28.1. The minimum Gasteiger partial charge on any atom is -0.462 e. The van der Waals surface area contributed by atoms with E-state index in [1.807, 2.05) is 18.2 Å². The lowest BCUT2D eigenvalue weighted by Gasteiger charge is -2.41. The Labute approximate surface area is 354 Å². The van der Waals surface area contributed by atoms with Gasteiger partial charge in [0.25, 0.3) is 0 Å². The van der Waals surface area contributed by atoms with Gasteiger partial charge in [0.2, 0.25) is 0 Å². The van der Waals surface area contributed by atoms with Crippen molar-refractivity contribution in [1.82, 2.24) is 0 Å². The summed E-state index contributed by atoms with van der Waals surface area (Å²) in [6, 6.07) is 0. The minimum atomic E-state index is -5.13. The van der Waals surface area contributed by atoms with Gasteiger partial charge in [-0.25, -0.2) is 4.57 Å². The summed E-state index contributed by atoms with van der Waals surface area (Å²) in [7, 11) is -5.13. The molecule has 1 fully saturated rings. The summed E-state index contributed by atoms with van der Waals surface area (Å²) in [5.74, 6) is -1.19. The predicted octanol–water partition coefficient (Wildman–Crippen LogP) is 8.39. The van der Waals surface area contributed by atoms with Crippen molar-refractivity contribution in [2.45, 2.75) is 211 Å². The van der Waals surface area contributed by atoms with E-state index in [0.717, 1.165) is 38.5 Å². The lowest BCUT2D eigenvalue weighted by atomic mass is 9.85. The molecule has 13 nitrogen and oxygen atoms in total. The molecule has 1 rings (SSSR count). The van der Waals surface area contributed by atoms with E-state index in [4.69, 9.17) is 18.5 Å². The second-order valence-electron chi connectivity index (χ2n) is 15.6. The van der Waals surface area contributed by atoms with Crippen LogP contribution in [0.15, 0.2) is 48.6 Å². The Balaban J connectivity index is 2.54. The van der Waals surface area contributed by atoms with Gasteiger partial charge in [-0.05, 0) is 44.9 Å². The first-order valence-corrected chi connectivity index (χ1v) is 23.9. The average Bonchev–Trinajstić information content (AvgIpc) is 3.21. The molecule has 0 saturated heterocycles. The second kappa shape index (κ2) is 35.4. The van der Waals surface area contributed by atoms with Gasteiger partial charge in [0.15, 0.2) is 6.10 Å². The molecule has 0 aromatic rings. The van der Waals surface area contributed by atoms with Crippen LogP contribution in [0.3, 0.4) is 0 Å². The predicted molar refractivity (Wildman–Crippen MR) is 230 cm³/mol. The Kier molecular flexibility index (Phi) is 32.9. The van der Waals surface area contributed by atoms with Gasteiger partial charge in [0.05, 0.1) is 6.61 Å². The molecule has 14 heteroatoms. The summed E-state index contributed by atoms with van der Waals surface area (Å²) in [6.45, 7) is 3.21. The van der Waals surface area contributed by atoms with E-state index in [0.29, 0.717) is 19.3 Å². The fourth-order valence-electron chi connectivity index (χ4n) is 6.53. The van der Waals surface area contributed by atoms with Crippen LogP contribution in [0.5, 0.6) is 0 Å². The van der Waals surface area contributed by atoms with Gasteiger partial charge in [-0.3, -0.25) is 18.6 Å². The van der Waals surface area contributed by atoms with E-state index >= 15 is 0 Å². The van der Waals surface area contributed by atoms with Gasteiger partial charge in [0, 0.05) is 12.8 Å². The zero-order valence-electron chi connectivity index (χ0n) is 36.0. The minimum absolute atomic E-state index is 0.0235. The highest BCUT2D eigenvalue weighted by Crippen LogP contribution is 2.47. The van der Waals surface area contributed by atoms with Gasteiger partial charge in [0.1, 0.15) is 43.2 Å². The highest BCUT2D eigenvalue weighted by molar-refractivity contribution is 7.47. The van der Waals surface area contributed by atoms with Crippen LogP contribution in [-0.2, 0) is 32.7 Å². The van der Waals surface area contributed by atoms with Gasteiger partial charge in [-0.15, -0.1) is 0 Å². The number of carbonyl (C=O) groups is 2. The standard InChI is InChI=1S/C45H79O13P/c1-3-5-7-9-11-13-15-17-18-19-20-22-24-26-28-30-32-34-39(47)57-37(36-56-59(53,54)58-45-43(51)41(49)40(48)42(50)44(45)52)35-55-38(46)33-31-29-27-25-23-21-16-14-12-10-8-6-4-2/h13,15,18-19,22,24,28,30,37,40-45,48-52H,3-12,14,16-17,20-21,23,25-27,29,31-36H2,1-2H3,(H,53,54)/b15-13-,19-18-,24-22-,30-28-/t37?,40?,41-,42+,43-,44-,45?/m1/s1. The van der Waals surface area contributed by atoms with Crippen molar-refractivity contribution in [1.29, 1.82) is 0 Å². The molecule has 0 amide bonds. The molecule has 8 atom stereocenters. The molecule has 6 N–H and O–H groups in total. The number of unbranched alkanes of at least 4 members (excludes halogenated alkanes) is 16. The van der Waals surface area contributed by atoms with Crippen LogP contribution in [0.25, 0.3) is 0 Å². The van der Waals surface area contributed by atoms with Crippen molar-refractivity contribution in [3.63, 3.8) is 0 Å².